The second kappa shape index (κ2) is 8.33. The zero-order chi connectivity index (χ0) is 13.3. The molecular formula is C13H20N2O2. The Morgan fingerprint density at radius 2 is 1.94 bits per heavy atom. The molecule has 0 unspecified atom stereocenters. The molecule has 0 aromatic rings. The Bertz CT molecular complexity index is 354. The summed E-state index contributed by atoms with van der Waals surface area (Å²) in [5.41, 5.74) is 0.904. The quantitative estimate of drug-likeness (QED) is 0.423. The van der Waals surface area contributed by atoms with Crippen LogP contribution in [-0.2, 0) is 4.79 Å². The summed E-state index contributed by atoms with van der Waals surface area (Å²) in [6.07, 6.45) is 9.75. The molecule has 0 bridgehead atoms. The molecule has 94 valence electrons. The molecule has 0 rings (SSSR count). The van der Waals surface area contributed by atoms with Gasteiger partial charge in [-0.3, -0.25) is 10.2 Å². The lowest BCUT2D eigenvalue weighted by molar-refractivity contribution is -0.136. The van der Waals surface area contributed by atoms with Gasteiger partial charge in [0.25, 0.3) is 0 Å². The Morgan fingerprint density at radius 1 is 1.29 bits per heavy atom. The molecule has 2 N–H and O–H groups in total. The van der Waals surface area contributed by atoms with Crippen molar-refractivity contribution in [1.82, 2.24) is 4.90 Å². The summed E-state index contributed by atoms with van der Waals surface area (Å²) < 4.78 is 0. The van der Waals surface area contributed by atoms with Crippen LogP contribution in [0.5, 0.6) is 0 Å². The van der Waals surface area contributed by atoms with Crippen molar-refractivity contribution in [2.24, 2.45) is 0 Å². The summed E-state index contributed by atoms with van der Waals surface area (Å²) in [7, 11) is 1.76. The number of nitrogens with zero attached hydrogens (tertiary/aromatic N) is 1. The number of carboxylic acid groups (broad SMARTS) is 1. The number of carboxylic acids is 1. The Balaban J connectivity index is 4.32. The number of hydrogen-bond donors (Lipinski definition) is 2. The highest BCUT2D eigenvalue weighted by Crippen LogP contribution is 2.05. The Labute approximate surface area is 102 Å². The maximum absolute atomic E-state index is 10.4. The van der Waals surface area contributed by atoms with Crippen molar-refractivity contribution in [2.75, 3.05) is 7.05 Å². The van der Waals surface area contributed by atoms with Crippen LogP contribution in [0, 0.1) is 5.41 Å². The maximum atomic E-state index is 10.4. The minimum Gasteiger partial charge on any atom is -0.481 e. The number of rotatable bonds is 6. The first-order valence-electron chi connectivity index (χ1n) is 5.48. The van der Waals surface area contributed by atoms with E-state index in [4.69, 9.17) is 10.5 Å². The highest BCUT2D eigenvalue weighted by atomic mass is 16.4. The van der Waals surface area contributed by atoms with Crippen LogP contribution in [0.1, 0.15) is 26.7 Å². The zero-order valence-electron chi connectivity index (χ0n) is 10.6. The lowest BCUT2D eigenvalue weighted by atomic mass is 10.2. The van der Waals surface area contributed by atoms with Gasteiger partial charge in [0.15, 0.2) is 0 Å². The molecule has 0 saturated carbocycles. The lowest BCUT2D eigenvalue weighted by Crippen LogP contribution is -2.24. The first-order chi connectivity index (χ1) is 7.99. The fourth-order valence-corrected chi connectivity index (χ4v) is 1.09. The van der Waals surface area contributed by atoms with Crippen LogP contribution < -0.4 is 0 Å². The van der Waals surface area contributed by atoms with Gasteiger partial charge in [0.2, 0.25) is 0 Å². The Morgan fingerprint density at radius 3 is 2.47 bits per heavy atom. The molecule has 0 saturated heterocycles. The fraction of sp³-hybridized carbons (Fsp3) is 0.385. The average molecular weight is 236 g/mol. The van der Waals surface area contributed by atoms with E-state index in [1.807, 2.05) is 44.2 Å². The second-order valence-electron chi connectivity index (χ2n) is 3.62. The van der Waals surface area contributed by atoms with Gasteiger partial charge >= 0.3 is 5.97 Å². The molecule has 0 amide bonds. The fourth-order valence-electron chi connectivity index (χ4n) is 1.09. The molecule has 0 atom stereocenters. The molecule has 0 fully saturated rings. The van der Waals surface area contributed by atoms with E-state index >= 15 is 0 Å². The van der Waals surface area contributed by atoms with Crippen LogP contribution in [0.4, 0.5) is 0 Å². The van der Waals surface area contributed by atoms with Gasteiger partial charge in [-0.1, -0.05) is 24.3 Å². The number of hydrogen-bond acceptors (Lipinski definition) is 2. The van der Waals surface area contributed by atoms with E-state index in [0.29, 0.717) is 5.84 Å². The van der Waals surface area contributed by atoms with Crippen LogP contribution in [0.2, 0.25) is 0 Å². The summed E-state index contributed by atoms with van der Waals surface area (Å²) in [5.74, 6) is -0.571. The Hall–Kier alpha value is -1.84. The topological polar surface area (TPSA) is 64.4 Å². The third-order valence-corrected chi connectivity index (χ3v) is 2.26. The van der Waals surface area contributed by atoms with E-state index in [2.05, 4.69) is 0 Å². The molecule has 0 aliphatic carbocycles. The summed E-state index contributed by atoms with van der Waals surface area (Å²) in [6, 6.07) is 0. The van der Waals surface area contributed by atoms with Gasteiger partial charge in [0.05, 0.1) is 6.42 Å². The number of nitrogens with one attached hydrogen (secondary N) is 1. The number of carbonyl (C=O) groups is 1. The molecule has 0 aliphatic heterocycles. The standard InChI is InChI=1S/C13H20N2O2/c1-4-5-6-7-8-11(2)15(3)12(14)9-10-13(16)17/h4-8,14H,9-10H2,1-3H3,(H,16,17)/b5-4-,7-6-,11-8+,14-12?. The van der Waals surface area contributed by atoms with Gasteiger partial charge in [-0.2, -0.15) is 0 Å². The first kappa shape index (κ1) is 15.2. The third-order valence-electron chi connectivity index (χ3n) is 2.26. The predicted molar refractivity (Wildman–Crippen MR) is 70.1 cm³/mol. The van der Waals surface area contributed by atoms with E-state index in [-0.39, 0.29) is 12.8 Å². The van der Waals surface area contributed by atoms with E-state index in [1.165, 1.54) is 0 Å². The van der Waals surface area contributed by atoms with Crippen molar-refractivity contribution in [3.8, 4) is 0 Å². The minimum absolute atomic E-state index is 0.00906. The molecule has 0 aromatic heterocycles. The van der Waals surface area contributed by atoms with Crippen LogP contribution in [0.3, 0.4) is 0 Å². The number of amidine groups is 1. The number of allylic oxidation sites excluding steroid dienone is 6. The van der Waals surface area contributed by atoms with Gasteiger partial charge in [-0.05, 0) is 19.9 Å². The van der Waals surface area contributed by atoms with Crippen molar-refractivity contribution in [3.05, 3.63) is 36.1 Å². The normalized spacial score (nSPS) is 12.3. The van der Waals surface area contributed by atoms with Gasteiger partial charge in [0.1, 0.15) is 5.84 Å². The van der Waals surface area contributed by atoms with Gasteiger partial charge < -0.3 is 10.0 Å². The highest BCUT2D eigenvalue weighted by molar-refractivity contribution is 5.83. The predicted octanol–water partition coefficient (Wildman–Crippen LogP) is 2.80. The van der Waals surface area contributed by atoms with Crippen LogP contribution in [0.25, 0.3) is 0 Å². The summed E-state index contributed by atoms with van der Waals surface area (Å²) >= 11 is 0. The highest BCUT2D eigenvalue weighted by Gasteiger charge is 2.07. The van der Waals surface area contributed by atoms with Crippen molar-refractivity contribution >= 4 is 11.8 Å². The summed E-state index contributed by atoms with van der Waals surface area (Å²) in [4.78, 5) is 12.1. The maximum Gasteiger partial charge on any atom is 0.303 e. The average Bonchev–Trinajstić information content (AvgIpc) is 2.30. The van der Waals surface area contributed by atoms with Crippen LogP contribution >= 0.6 is 0 Å². The minimum atomic E-state index is -0.877. The van der Waals surface area contributed by atoms with E-state index in [0.717, 1.165) is 5.70 Å². The third kappa shape index (κ3) is 7.11. The smallest absolute Gasteiger partial charge is 0.303 e. The van der Waals surface area contributed by atoms with Gasteiger partial charge in [-0.25, -0.2) is 0 Å². The van der Waals surface area contributed by atoms with Crippen molar-refractivity contribution in [2.45, 2.75) is 26.7 Å². The Kier molecular flexibility index (Phi) is 7.43. The SMILES string of the molecule is C\C=C/C=C\C=C(/C)N(C)C(=N)CCC(=O)O. The molecule has 4 heteroatoms. The van der Waals surface area contributed by atoms with Crippen LogP contribution in [0.15, 0.2) is 36.1 Å². The molecule has 17 heavy (non-hydrogen) atoms. The molecule has 0 aromatic carbocycles. The summed E-state index contributed by atoms with van der Waals surface area (Å²) in [6.45, 7) is 3.82. The van der Waals surface area contributed by atoms with Crippen LogP contribution in [-0.4, -0.2) is 28.9 Å². The lowest BCUT2D eigenvalue weighted by Gasteiger charge is -2.19. The molecule has 0 spiro atoms. The molecule has 0 heterocycles. The summed E-state index contributed by atoms with van der Waals surface area (Å²) in [5, 5.41) is 16.3. The van der Waals surface area contributed by atoms with Gasteiger partial charge in [0, 0.05) is 19.2 Å². The van der Waals surface area contributed by atoms with Crippen molar-refractivity contribution < 1.29 is 9.90 Å². The zero-order valence-corrected chi connectivity index (χ0v) is 10.6. The second-order valence-corrected chi connectivity index (χ2v) is 3.62. The molecule has 0 radical (unpaired) electrons. The van der Waals surface area contributed by atoms with E-state index < -0.39 is 5.97 Å². The van der Waals surface area contributed by atoms with Gasteiger partial charge in [-0.15, -0.1) is 0 Å². The van der Waals surface area contributed by atoms with E-state index in [1.54, 1.807) is 11.9 Å². The largest absolute Gasteiger partial charge is 0.481 e. The van der Waals surface area contributed by atoms with E-state index in [9.17, 15) is 4.79 Å². The monoisotopic (exact) mass is 236 g/mol. The van der Waals surface area contributed by atoms with Crippen molar-refractivity contribution in [3.63, 3.8) is 0 Å². The number of aliphatic carboxylic acids is 1. The van der Waals surface area contributed by atoms with Crippen molar-refractivity contribution in [1.29, 1.82) is 5.41 Å². The molecular weight excluding hydrogens is 216 g/mol. The first-order valence-corrected chi connectivity index (χ1v) is 5.48. The molecule has 4 nitrogen and oxygen atoms in total. The molecule has 0 aliphatic rings.